The molecule has 0 bridgehead atoms. The maximum atomic E-state index is 10.3. The molecule has 0 aliphatic carbocycles. The van der Waals surface area contributed by atoms with E-state index in [0.29, 0.717) is 12.8 Å². The Morgan fingerprint density at radius 1 is 0.469 bits per heavy atom. The van der Waals surface area contributed by atoms with Crippen molar-refractivity contribution < 1.29 is 19.8 Å². The molecule has 0 unspecified atom stereocenters. The van der Waals surface area contributed by atoms with Gasteiger partial charge in [0.25, 0.3) is 0 Å². The largest absolute Gasteiger partial charge is 0.481 e. The summed E-state index contributed by atoms with van der Waals surface area (Å²) in [6.07, 6.45) is 30.8. The topological polar surface area (TPSA) is 74.6 Å². The van der Waals surface area contributed by atoms with Crippen LogP contribution in [-0.2, 0) is 9.59 Å². The number of hydrogen-bond acceptors (Lipinski definition) is 2. The van der Waals surface area contributed by atoms with Crippen molar-refractivity contribution >= 4 is 11.9 Å². The highest BCUT2D eigenvalue weighted by molar-refractivity contribution is 5.66. The number of carboxylic acid groups (broad SMARTS) is 2. The van der Waals surface area contributed by atoms with Crippen LogP contribution < -0.4 is 0 Å². The Labute approximate surface area is 198 Å². The second-order valence-corrected chi connectivity index (χ2v) is 8.63. The second-order valence-electron chi connectivity index (χ2n) is 8.63. The monoisotopic (exact) mass is 452 g/mol. The van der Waals surface area contributed by atoms with Crippen LogP contribution in [0.5, 0.6) is 0 Å². The first kappa shape index (κ1) is 32.6. The first-order valence-electron chi connectivity index (χ1n) is 13.3. The lowest BCUT2D eigenvalue weighted by Crippen LogP contribution is -1.93. The molecular weight excluding hydrogens is 400 g/mol. The molecule has 0 saturated carbocycles. The van der Waals surface area contributed by atoms with Crippen molar-refractivity contribution in [2.24, 2.45) is 0 Å². The van der Waals surface area contributed by atoms with Crippen LogP contribution in [0, 0.1) is 0 Å². The molecule has 4 nitrogen and oxygen atoms in total. The standard InChI is InChI=1S/2C14H26O2/c2*1-2-3-4-5-6-7-8-9-10-11-12-13-14(15)16/h2*5-6H,2-4,7-13H2,1H3,(H,15,16)/b6-5-;. The molecule has 0 aromatic carbocycles. The summed E-state index contributed by atoms with van der Waals surface area (Å²) in [6, 6.07) is 0. The van der Waals surface area contributed by atoms with Crippen LogP contribution in [-0.4, -0.2) is 22.2 Å². The highest BCUT2D eigenvalue weighted by Gasteiger charge is 1.96. The summed E-state index contributed by atoms with van der Waals surface area (Å²) in [5.74, 6) is -1.34. The highest BCUT2D eigenvalue weighted by Crippen LogP contribution is 2.09. The van der Waals surface area contributed by atoms with E-state index in [-0.39, 0.29) is 0 Å². The third kappa shape index (κ3) is 35.8. The summed E-state index contributed by atoms with van der Waals surface area (Å²) in [6.45, 7) is 4.43. The Hall–Kier alpha value is -1.58. The van der Waals surface area contributed by atoms with Gasteiger partial charge in [0, 0.05) is 12.8 Å². The van der Waals surface area contributed by atoms with E-state index in [2.05, 4.69) is 38.2 Å². The van der Waals surface area contributed by atoms with Crippen molar-refractivity contribution in [3.63, 3.8) is 0 Å². The third-order valence-electron chi connectivity index (χ3n) is 5.30. The first-order chi connectivity index (χ1) is 15.5. The smallest absolute Gasteiger partial charge is 0.303 e. The van der Waals surface area contributed by atoms with Crippen molar-refractivity contribution in [3.05, 3.63) is 24.3 Å². The van der Waals surface area contributed by atoms with Gasteiger partial charge < -0.3 is 10.2 Å². The van der Waals surface area contributed by atoms with Gasteiger partial charge in [0.2, 0.25) is 0 Å². The summed E-state index contributed by atoms with van der Waals surface area (Å²) in [5, 5.41) is 16.9. The average molecular weight is 453 g/mol. The summed E-state index contributed by atoms with van der Waals surface area (Å²) in [4.78, 5) is 20.5. The quantitative estimate of drug-likeness (QED) is 0.127. The van der Waals surface area contributed by atoms with E-state index in [1.165, 1.54) is 89.9 Å². The van der Waals surface area contributed by atoms with Gasteiger partial charge in [-0.05, 0) is 51.4 Å². The summed E-state index contributed by atoms with van der Waals surface area (Å²) in [7, 11) is 0. The second kappa shape index (κ2) is 29.4. The molecule has 2 N–H and O–H groups in total. The highest BCUT2D eigenvalue weighted by atomic mass is 16.4. The van der Waals surface area contributed by atoms with Gasteiger partial charge >= 0.3 is 11.9 Å². The number of allylic oxidation sites excluding steroid dienone is 4. The zero-order chi connectivity index (χ0) is 24.1. The van der Waals surface area contributed by atoms with Gasteiger partial charge in [-0.1, -0.05) is 102 Å². The van der Waals surface area contributed by atoms with Gasteiger partial charge in [-0.2, -0.15) is 0 Å². The number of carboxylic acids is 2. The van der Waals surface area contributed by atoms with E-state index in [1.54, 1.807) is 0 Å². The molecule has 0 heterocycles. The zero-order valence-electron chi connectivity index (χ0n) is 21.2. The molecule has 0 aliphatic heterocycles. The third-order valence-corrected chi connectivity index (χ3v) is 5.30. The number of unbranched alkanes of at least 4 members (excludes halogenated alkanes) is 14. The van der Waals surface area contributed by atoms with Crippen molar-refractivity contribution in [2.75, 3.05) is 0 Å². The van der Waals surface area contributed by atoms with E-state index >= 15 is 0 Å². The number of carbonyl (C=O) groups is 2. The molecule has 0 aromatic rings. The van der Waals surface area contributed by atoms with E-state index in [9.17, 15) is 9.59 Å². The molecule has 188 valence electrons. The molecule has 0 radical (unpaired) electrons. The number of aliphatic carboxylic acids is 2. The fourth-order valence-corrected chi connectivity index (χ4v) is 3.25. The van der Waals surface area contributed by atoms with Crippen molar-refractivity contribution in [1.29, 1.82) is 0 Å². The molecule has 0 fully saturated rings. The van der Waals surface area contributed by atoms with Crippen LogP contribution in [0.2, 0.25) is 0 Å². The Balaban J connectivity index is 0. The lowest BCUT2D eigenvalue weighted by Gasteiger charge is -1.98. The lowest BCUT2D eigenvalue weighted by molar-refractivity contribution is -0.138. The SMILES string of the molecule is CCCC/C=C\CCCCCCCC(=O)O.CCCCC=CCCCCCCCC(=O)O. The summed E-state index contributed by atoms with van der Waals surface area (Å²) < 4.78 is 0. The van der Waals surface area contributed by atoms with Crippen LogP contribution in [0.15, 0.2) is 24.3 Å². The van der Waals surface area contributed by atoms with Crippen LogP contribution in [0.3, 0.4) is 0 Å². The van der Waals surface area contributed by atoms with Crippen LogP contribution >= 0.6 is 0 Å². The van der Waals surface area contributed by atoms with Gasteiger partial charge in [0.15, 0.2) is 0 Å². The summed E-state index contributed by atoms with van der Waals surface area (Å²) in [5.41, 5.74) is 0. The van der Waals surface area contributed by atoms with E-state index < -0.39 is 11.9 Å². The van der Waals surface area contributed by atoms with E-state index in [4.69, 9.17) is 10.2 Å². The molecular formula is C28H52O4. The van der Waals surface area contributed by atoms with Crippen molar-refractivity contribution in [2.45, 2.75) is 142 Å². The zero-order valence-corrected chi connectivity index (χ0v) is 21.2. The molecule has 0 aromatic heterocycles. The molecule has 0 saturated heterocycles. The molecule has 0 spiro atoms. The minimum atomic E-state index is -0.668. The van der Waals surface area contributed by atoms with Gasteiger partial charge in [-0.15, -0.1) is 0 Å². The Bertz CT molecular complexity index is 412. The molecule has 0 amide bonds. The fraction of sp³-hybridized carbons (Fsp3) is 0.786. The Morgan fingerprint density at radius 2 is 0.750 bits per heavy atom. The van der Waals surface area contributed by atoms with E-state index in [0.717, 1.165) is 25.7 Å². The lowest BCUT2D eigenvalue weighted by atomic mass is 10.1. The predicted molar refractivity (Wildman–Crippen MR) is 137 cm³/mol. The maximum absolute atomic E-state index is 10.3. The molecule has 32 heavy (non-hydrogen) atoms. The van der Waals surface area contributed by atoms with Crippen LogP contribution in [0.4, 0.5) is 0 Å². The Morgan fingerprint density at radius 3 is 1.06 bits per heavy atom. The Kier molecular flexibility index (Phi) is 30.0. The van der Waals surface area contributed by atoms with Gasteiger partial charge in [-0.3, -0.25) is 9.59 Å². The minimum Gasteiger partial charge on any atom is -0.481 e. The number of rotatable bonds is 22. The minimum absolute atomic E-state index is 0.330. The van der Waals surface area contributed by atoms with Gasteiger partial charge in [-0.25, -0.2) is 0 Å². The number of hydrogen-bond donors (Lipinski definition) is 2. The van der Waals surface area contributed by atoms with Crippen molar-refractivity contribution in [3.8, 4) is 0 Å². The fourth-order valence-electron chi connectivity index (χ4n) is 3.25. The van der Waals surface area contributed by atoms with Gasteiger partial charge in [0.1, 0.15) is 0 Å². The molecule has 0 rings (SSSR count). The average Bonchev–Trinajstić information content (AvgIpc) is 2.76. The maximum Gasteiger partial charge on any atom is 0.303 e. The van der Waals surface area contributed by atoms with Crippen molar-refractivity contribution in [1.82, 2.24) is 0 Å². The molecule has 0 atom stereocenters. The normalized spacial score (nSPS) is 11.1. The predicted octanol–water partition coefficient (Wildman–Crippen LogP) is 9.10. The van der Waals surface area contributed by atoms with Gasteiger partial charge in [0.05, 0.1) is 0 Å². The molecule has 4 heteroatoms. The summed E-state index contributed by atoms with van der Waals surface area (Å²) >= 11 is 0. The first-order valence-corrected chi connectivity index (χ1v) is 13.3. The van der Waals surface area contributed by atoms with E-state index in [1.807, 2.05) is 0 Å². The molecule has 0 aliphatic rings. The van der Waals surface area contributed by atoms with Crippen LogP contribution in [0.25, 0.3) is 0 Å². The van der Waals surface area contributed by atoms with Crippen LogP contribution in [0.1, 0.15) is 142 Å².